The first-order valence-corrected chi connectivity index (χ1v) is 5.18. The lowest BCUT2D eigenvalue weighted by Gasteiger charge is -2.15. The molecule has 1 rings (SSSR count). The van der Waals surface area contributed by atoms with E-state index in [1.54, 1.807) is 0 Å². The zero-order chi connectivity index (χ0) is 15.4. The average molecular weight is 298 g/mol. The monoisotopic (exact) mass is 298 g/mol. The van der Waals surface area contributed by atoms with E-state index >= 15 is 0 Å². The molecule has 9 heteroatoms. The van der Waals surface area contributed by atoms with Gasteiger partial charge in [0.15, 0.2) is 5.92 Å². The molecule has 20 heavy (non-hydrogen) atoms. The maximum Gasteiger partial charge on any atom is 0.573 e. The third-order valence-corrected chi connectivity index (χ3v) is 2.13. The molecule has 0 heterocycles. The molecule has 1 aromatic rings. The maximum absolute atomic E-state index is 12.3. The van der Waals surface area contributed by atoms with Gasteiger partial charge in [0.2, 0.25) is 0 Å². The Morgan fingerprint density at radius 3 is 2.35 bits per heavy atom. The van der Waals surface area contributed by atoms with Gasteiger partial charge in [-0.1, -0.05) is 6.07 Å². The van der Waals surface area contributed by atoms with E-state index in [0.717, 1.165) is 18.2 Å². The predicted molar refractivity (Wildman–Crippen MR) is 56.8 cm³/mol. The van der Waals surface area contributed by atoms with E-state index in [0.29, 0.717) is 0 Å². The quantitative estimate of drug-likeness (QED) is 0.862. The number of nitrogens with one attached hydrogen (secondary N) is 1. The molecule has 0 saturated carbocycles. The smallest absolute Gasteiger partial charge is 0.406 e. The lowest BCUT2D eigenvalue weighted by atomic mass is 10.1. The molecule has 1 aromatic carbocycles. The van der Waals surface area contributed by atoms with E-state index in [4.69, 9.17) is 5.26 Å². The molecule has 1 atom stereocenters. The number of nitrogens with zero attached hydrogens (tertiary/aromatic N) is 1. The fraction of sp³-hybridized carbons (Fsp3) is 0.364. The van der Waals surface area contributed by atoms with Crippen molar-refractivity contribution in [3.63, 3.8) is 0 Å². The van der Waals surface area contributed by atoms with E-state index in [1.807, 2.05) is 0 Å². The van der Waals surface area contributed by atoms with Crippen molar-refractivity contribution >= 4 is 5.69 Å². The van der Waals surface area contributed by atoms with Gasteiger partial charge in [0.25, 0.3) is 0 Å². The maximum atomic E-state index is 12.3. The molecular formula is C11H8F6N2O. The topological polar surface area (TPSA) is 45.0 Å². The van der Waals surface area contributed by atoms with Gasteiger partial charge in [-0.2, -0.15) is 18.4 Å². The van der Waals surface area contributed by atoms with Crippen molar-refractivity contribution in [2.24, 2.45) is 5.92 Å². The van der Waals surface area contributed by atoms with Crippen LogP contribution in [-0.4, -0.2) is 19.1 Å². The molecule has 0 aliphatic rings. The standard InChI is InChI=1S/C11H8F6N2O/c12-10(13,14)7(5-18)6-19-8-2-1-3-9(4-8)20-11(15,16)17/h1-4,7,19H,6H2. The van der Waals surface area contributed by atoms with Crippen LogP contribution in [0.2, 0.25) is 0 Å². The summed E-state index contributed by atoms with van der Waals surface area (Å²) in [4.78, 5) is 0. The first-order valence-electron chi connectivity index (χ1n) is 5.18. The van der Waals surface area contributed by atoms with Crippen molar-refractivity contribution in [2.45, 2.75) is 12.5 Å². The summed E-state index contributed by atoms with van der Waals surface area (Å²) >= 11 is 0. The molecule has 3 nitrogen and oxygen atoms in total. The Hall–Kier alpha value is -2.11. The van der Waals surface area contributed by atoms with Crippen LogP contribution in [0.15, 0.2) is 24.3 Å². The Labute approximate surface area is 109 Å². The van der Waals surface area contributed by atoms with Gasteiger partial charge in [0.05, 0.1) is 6.07 Å². The first-order chi connectivity index (χ1) is 9.12. The molecule has 0 spiro atoms. The van der Waals surface area contributed by atoms with Crippen LogP contribution in [0.5, 0.6) is 5.75 Å². The fourth-order valence-corrected chi connectivity index (χ4v) is 1.26. The molecule has 0 aliphatic carbocycles. The predicted octanol–water partition coefficient (Wildman–Crippen LogP) is 3.70. The normalized spacial score (nSPS) is 13.4. The van der Waals surface area contributed by atoms with Gasteiger partial charge in [-0.3, -0.25) is 0 Å². The third kappa shape index (κ3) is 5.26. The van der Waals surface area contributed by atoms with E-state index in [1.165, 1.54) is 12.1 Å². The highest BCUT2D eigenvalue weighted by atomic mass is 19.4. The van der Waals surface area contributed by atoms with Gasteiger partial charge in [-0.15, -0.1) is 13.2 Å². The summed E-state index contributed by atoms with van der Waals surface area (Å²) in [6.45, 7) is -0.768. The SMILES string of the molecule is N#CC(CNc1cccc(OC(F)(F)F)c1)C(F)(F)F. The Morgan fingerprint density at radius 2 is 1.85 bits per heavy atom. The number of nitriles is 1. The summed E-state index contributed by atoms with van der Waals surface area (Å²) in [6.07, 6.45) is -9.60. The summed E-state index contributed by atoms with van der Waals surface area (Å²) in [7, 11) is 0. The van der Waals surface area contributed by atoms with Crippen LogP contribution in [0, 0.1) is 17.2 Å². The van der Waals surface area contributed by atoms with E-state index in [2.05, 4.69) is 10.1 Å². The van der Waals surface area contributed by atoms with Gasteiger partial charge in [0.1, 0.15) is 5.75 Å². The summed E-state index contributed by atoms with van der Waals surface area (Å²) in [5, 5.41) is 10.6. The van der Waals surface area contributed by atoms with Crippen LogP contribution >= 0.6 is 0 Å². The Bertz CT molecular complexity index is 491. The highest BCUT2D eigenvalue weighted by molar-refractivity contribution is 5.48. The van der Waals surface area contributed by atoms with Crippen LogP contribution in [-0.2, 0) is 0 Å². The number of hydrogen-bond acceptors (Lipinski definition) is 3. The molecule has 0 bridgehead atoms. The molecule has 0 amide bonds. The summed E-state index contributed by atoms with van der Waals surface area (Å²) in [5.74, 6) is -2.82. The van der Waals surface area contributed by atoms with Crippen LogP contribution in [0.25, 0.3) is 0 Å². The second kappa shape index (κ2) is 5.90. The lowest BCUT2D eigenvalue weighted by Crippen LogP contribution is -2.28. The largest absolute Gasteiger partial charge is 0.573 e. The minimum Gasteiger partial charge on any atom is -0.406 e. The zero-order valence-corrected chi connectivity index (χ0v) is 9.72. The Balaban J connectivity index is 2.70. The van der Waals surface area contributed by atoms with Crippen molar-refractivity contribution in [2.75, 3.05) is 11.9 Å². The van der Waals surface area contributed by atoms with Gasteiger partial charge in [-0.05, 0) is 12.1 Å². The van der Waals surface area contributed by atoms with Crippen molar-refractivity contribution in [3.8, 4) is 11.8 Å². The molecule has 0 radical (unpaired) electrons. The minimum atomic E-state index is -4.89. The lowest BCUT2D eigenvalue weighted by molar-refractivity contribution is -0.274. The molecule has 110 valence electrons. The van der Waals surface area contributed by atoms with Crippen LogP contribution in [0.3, 0.4) is 0 Å². The molecule has 1 N–H and O–H groups in total. The third-order valence-electron chi connectivity index (χ3n) is 2.13. The molecule has 0 aromatic heterocycles. The number of alkyl halides is 6. The number of ether oxygens (including phenoxy) is 1. The molecule has 0 aliphatic heterocycles. The van der Waals surface area contributed by atoms with Crippen LogP contribution in [0.4, 0.5) is 32.0 Å². The number of halogens is 6. The number of benzene rings is 1. The van der Waals surface area contributed by atoms with Crippen LogP contribution in [0.1, 0.15) is 0 Å². The van der Waals surface area contributed by atoms with E-state index in [-0.39, 0.29) is 5.69 Å². The number of anilines is 1. The second-order valence-electron chi connectivity index (χ2n) is 3.68. The average Bonchev–Trinajstić information content (AvgIpc) is 2.26. The Morgan fingerprint density at radius 1 is 1.20 bits per heavy atom. The second-order valence-corrected chi connectivity index (χ2v) is 3.68. The van der Waals surface area contributed by atoms with Gasteiger partial charge >= 0.3 is 12.5 Å². The minimum absolute atomic E-state index is 0.0174. The van der Waals surface area contributed by atoms with Gasteiger partial charge in [0, 0.05) is 18.3 Å². The molecular weight excluding hydrogens is 290 g/mol. The van der Waals surface area contributed by atoms with Crippen molar-refractivity contribution in [1.29, 1.82) is 5.26 Å². The molecule has 1 unspecified atom stereocenters. The van der Waals surface area contributed by atoms with Gasteiger partial charge < -0.3 is 10.1 Å². The highest BCUT2D eigenvalue weighted by Gasteiger charge is 2.39. The first kappa shape index (κ1) is 15.9. The summed E-state index contributed by atoms with van der Waals surface area (Å²) < 4.78 is 76.4. The van der Waals surface area contributed by atoms with Crippen molar-refractivity contribution < 1.29 is 31.1 Å². The molecule has 0 saturated heterocycles. The number of hydrogen-bond donors (Lipinski definition) is 1. The molecule has 0 fully saturated rings. The summed E-state index contributed by atoms with van der Waals surface area (Å²) in [5.41, 5.74) is -0.0174. The zero-order valence-electron chi connectivity index (χ0n) is 9.72. The van der Waals surface area contributed by atoms with Crippen molar-refractivity contribution in [1.82, 2.24) is 0 Å². The van der Waals surface area contributed by atoms with E-state index < -0.39 is 30.8 Å². The van der Waals surface area contributed by atoms with Crippen molar-refractivity contribution in [3.05, 3.63) is 24.3 Å². The van der Waals surface area contributed by atoms with Crippen LogP contribution < -0.4 is 10.1 Å². The van der Waals surface area contributed by atoms with E-state index in [9.17, 15) is 26.3 Å². The number of rotatable bonds is 4. The Kier molecular flexibility index (Phi) is 4.70. The summed E-state index contributed by atoms with van der Waals surface area (Å²) in [6, 6.07) is 5.39. The highest BCUT2D eigenvalue weighted by Crippen LogP contribution is 2.28. The van der Waals surface area contributed by atoms with Gasteiger partial charge in [-0.25, -0.2) is 0 Å². The fourth-order valence-electron chi connectivity index (χ4n) is 1.26.